The monoisotopic (exact) mass is 236 g/mol. The first-order valence-corrected chi connectivity index (χ1v) is 6.38. The van der Waals surface area contributed by atoms with Gasteiger partial charge >= 0.3 is 6.03 Å². The first-order chi connectivity index (χ1) is 8.12. The highest BCUT2D eigenvalue weighted by Crippen LogP contribution is 2.35. The molecule has 1 radical (unpaired) electrons. The molecular formula is C12H18N3O2. The van der Waals surface area contributed by atoms with Crippen LogP contribution in [0, 0.1) is 5.92 Å². The lowest BCUT2D eigenvalue weighted by Gasteiger charge is -2.40. The summed E-state index contributed by atoms with van der Waals surface area (Å²) in [5, 5.41) is 3.57. The van der Waals surface area contributed by atoms with Crippen molar-refractivity contribution in [3.05, 3.63) is 0 Å². The Morgan fingerprint density at radius 1 is 1.29 bits per heavy atom. The number of rotatable bonds is 2. The number of piperidine rings is 1. The summed E-state index contributed by atoms with van der Waals surface area (Å²) in [5.74, 6) is 0.656. The molecular weight excluding hydrogens is 218 g/mol. The number of likely N-dealkylation sites (N-methyl/N-ethyl adjacent to an activating group) is 1. The topological polar surface area (TPSA) is 54.7 Å². The van der Waals surface area contributed by atoms with E-state index in [0.717, 1.165) is 31.8 Å². The van der Waals surface area contributed by atoms with Crippen molar-refractivity contribution < 1.29 is 9.59 Å². The molecule has 0 aromatic carbocycles. The van der Waals surface area contributed by atoms with E-state index in [9.17, 15) is 9.59 Å². The fourth-order valence-corrected chi connectivity index (χ4v) is 2.91. The number of carbonyl (C=O) groups excluding carboxylic acids is 2. The van der Waals surface area contributed by atoms with Gasteiger partial charge in [0, 0.05) is 26.7 Å². The fraction of sp³-hybridized carbons (Fsp3) is 0.833. The molecule has 5 nitrogen and oxygen atoms in total. The molecule has 5 heteroatoms. The standard InChI is InChI=1S/C12H18N3O2/c1-14-11(17)13-10(16)12(14)4-6-15(7-5-12)8-9-2-3-9/h9H,2-8H2,1H3. The van der Waals surface area contributed by atoms with Crippen LogP contribution in [0.5, 0.6) is 0 Å². The van der Waals surface area contributed by atoms with Crippen molar-refractivity contribution in [3.63, 3.8) is 0 Å². The molecule has 1 aliphatic carbocycles. The summed E-state index contributed by atoms with van der Waals surface area (Å²) in [7, 11) is 1.70. The van der Waals surface area contributed by atoms with Crippen LogP contribution in [-0.4, -0.2) is 54.0 Å². The zero-order valence-corrected chi connectivity index (χ0v) is 10.2. The predicted molar refractivity (Wildman–Crippen MR) is 61.4 cm³/mol. The maximum atomic E-state index is 11.9. The number of urea groups is 1. The van der Waals surface area contributed by atoms with Gasteiger partial charge in [-0.3, -0.25) is 4.79 Å². The van der Waals surface area contributed by atoms with Gasteiger partial charge in [-0.25, -0.2) is 4.79 Å². The number of nitrogens with zero attached hydrogens (tertiary/aromatic N) is 3. The smallest absolute Gasteiger partial charge is 0.311 e. The van der Waals surface area contributed by atoms with E-state index < -0.39 is 5.54 Å². The zero-order chi connectivity index (χ0) is 12.0. The largest absolute Gasteiger partial charge is 0.347 e. The van der Waals surface area contributed by atoms with Crippen molar-refractivity contribution in [3.8, 4) is 0 Å². The Morgan fingerprint density at radius 3 is 2.41 bits per heavy atom. The minimum atomic E-state index is -0.614. The molecule has 0 aromatic heterocycles. The van der Waals surface area contributed by atoms with E-state index in [1.165, 1.54) is 19.4 Å². The molecule has 2 aliphatic heterocycles. The van der Waals surface area contributed by atoms with Gasteiger partial charge in [-0.15, -0.1) is 0 Å². The van der Waals surface area contributed by atoms with Crippen molar-refractivity contribution in [1.82, 2.24) is 15.1 Å². The van der Waals surface area contributed by atoms with E-state index in [1.54, 1.807) is 11.9 Å². The Morgan fingerprint density at radius 2 is 1.94 bits per heavy atom. The van der Waals surface area contributed by atoms with Crippen LogP contribution in [0.2, 0.25) is 0 Å². The lowest BCUT2D eigenvalue weighted by Crippen LogP contribution is -2.55. The third kappa shape index (κ3) is 1.73. The summed E-state index contributed by atoms with van der Waals surface area (Å²) in [6, 6.07) is -0.370. The second-order valence-electron chi connectivity index (χ2n) is 5.53. The van der Waals surface area contributed by atoms with Crippen LogP contribution < -0.4 is 5.32 Å². The number of carbonyl (C=O) groups is 2. The van der Waals surface area contributed by atoms with Crippen LogP contribution >= 0.6 is 0 Å². The number of likely N-dealkylation sites (tertiary alicyclic amines) is 1. The Bertz CT molecular complexity index is 357. The van der Waals surface area contributed by atoms with Gasteiger partial charge < -0.3 is 9.80 Å². The molecule has 3 amide bonds. The van der Waals surface area contributed by atoms with E-state index in [4.69, 9.17) is 0 Å². The number of hydrogen-bond acceptors (Lipinski definition) is 3. The maximum absolute atomic E-state index is 11.9. The van der Waals surface area contributed by atoms with Gasteiger partial charge in [0.05, 0.1) is 0 Å². The second-order valence-corrected chi connectivity index (χ2v) is 5.53. The Kier molecular flexibility index (Phi) is 2.40. The van der Waals surface area contributed by atoms with Crippen molar-refractivity contribution in [2.24, 2.45) is 5.92 Å². The highest BCUT2D eigenvalue weighted by molar-refractivity contribution is 6.06. The van der Waals surface area contributed by atoms with Gasteiger partial charge in [0.2, 0.25) is 0 Å². The lowest BCUT2D eigenvalue weighted by molar-refractivity contribution is -0.128. The van der Waals surface area contributed by atoms with E-state index >= 15 is 0 Å². The molecule has 0 atom stereocenters. The average molecular weight is 236 g/mol. The Hall–Kier alpha value is -1.10. The number of amides is 3. The van der Waals surface area contributed by atoms with E-state index in [1.807, 2.05) is 0 Å². The van der Waals surface area contributed by atoms with Gasteiger partial charge in [0.1, 0.15) is 5.54 Å². The van der Waals surface area contributed by atoms with Crippen LogP contribution in [0.25, 0.3) is 0 Å². The SMILES string of the molecule is CN1C(=O)[N]C(=O)C12CCN(CC1CC1)CC2. The van der Waals surface area contributed by atoms with Gasteiger partial charge in [0.15, 0.2) is 0 Å². The molecule has 1 spiro atoms. The van der Waals surface area contributed by atoms with Crippen LogP contribution in [0.4, 0.5) is 4.79 Å². The lowest BCUT2D eigenvalue weighted by atomic mass is 9.86. The van der Waals surface area contributed by atoms with Crippen LogP contribution in [-0.2, 0) is 4.79 Å². The van der Waals surface area contributed by atoms with Crippen LogP contribution in [0.15, 0.2) is 0 Å². The van der Waals surface area contributed by atoms with E-state index in [0.29, 0.717) is 0 Å². The zero-order valence-electron chi connectivity index (χ0n) is 10.2. The highest BCUT2D eigenvalue weighted by atomic mass is 16.2. The third-order valence-electron chi connectivity index (χ3n) is 4.42. The number of imide groups is 1. The van der Waals surface area contributed by atoms with Crippen molar-refractivity contribution in [2.75, 3.05) is 26.7 Å². The van der Waals surface area contributed by atoms with Crippen molar-refractivity contribution in [1.29, 1.82) is 0 Å². The molecule has 93 valence electrons. The first-order valence-electron chi connectivity index (χ1n) is 6.38. The van der Waals surface area contributed by atoms with E-state index in [2.05, 4.69) is 10.2 Å². The molecule has 17 heavy (non-hydrogen) atoms. The Balaban J connectivity index is 1.66. The highest BCUT2D eigenvalue weighted by Gasteiger charge is 2.53. The maximum Gasteiger partial charge on any atom is 0.347 e. The summed E-state index contributed by atoms with van der Waals surface area (Å²) in [5.41, 5.74) is -0.614. The molecule has 3 aliphatic rings. The molecule has 2 heterocycles. The molecule has 0 aromatic rings. The molecule has 0 N–H and O–H groups in total. The Labute approximate surface area is 101 Å². The summed E-state index contributed by atoms with van der Waals surface area (Å²) < 4.78 is 0. The van der Waals surface area contributed by atoms with E-state index in [-0.39, 0.29) is 11.9 Å². The summed E-state index contributed by atoms with van der Waals surface area (Å²) in [6.45, 7) is 2.99. The van der Waals surface area contributed by atoms with Crippen LogP contribution in [0.3, 0.4) is 0 Å². The van der Waals surface area contributed by atoms with Gasteiger partial charge in [-0.2, -0.15) is 5.32 Å². The third-order valence-corrected chi connectivity index (χ3v) is 4.42. The predicted octanol–water partition coefficient (Wildman–Crippen LogP) is 0.427. The van der Waals surface area contributed by atoms with Gasteiger partial charge in [0.25, 0.3) is 5.91 Å². The molecule has 3 fully saturated rings. The normalized spacial score (nSPS) is 28.9. The molecule has 3 rings (SSSR count). The minimum Gasteiger partial charge on any atom is -0.311 e. The first kappa shape index (κ1) is 11.0. The van der Waals surface area contributed by atoms with Crippen LogP contribution in [0.1, 0.15) is 25.7 Å². The fourth-order valence-electron chi connectivity index (χ4n) is 2.91. The minimum absolute atomic E-state index is 0.226. The summed E-state index contributed by atoms with van der Waals surface area (Å²) in [4.78, 5) is 27.3. The van der Waals surface area contributed by atoms with Gasteiger partial charge in [-0.05, 0) is 31.6 Å². The molecule has 2 saturated heterocycles. The number of hydrogen-bond donors (Lipinski definition) is 0. The van der Waals surface area contributed by atoms with Crippen molar-refractivity contribution in [2.45, 2.75) is 31.2 Å². The molecule has 0 bridgehead atoms. The summed E-state index contributed by atoms with van der Waals surface area (Å²) in [6.07, 6.45) is 4.19. The molecule has 0 unspecified atom stereocenters. The average Bonchev–Trinajstić information content (AvgIpc) is 3.09. The van der Waals surface area contributed by atoms with Gasteiger partial charge in [-0.1, -0.05) is 0 Å². The van der Waals surface area contributed by atoms with Crippen molar-refractivity contribution >= 4 is 11.9 Å². The summed E-state index contributed by atoms with van der Waals surface area (Å²) >= 11 is 0. The molecule has 1 saturated carbocycles. The second kappa shape index (κ2) is 3.70. The quantitative estimate of drug-likeness (QED) is 0.653.